The fourth-order valence-corrected chi connectivity index (χ4v) is 4.17. The fourth-order valence-electron chi connectivity index (χ4n) is 1.64. The molecule has 0 aromatic rings. The number of carbonyl (C=O) groups excluding carboxylic acids is 1. The summed E-state index contributed by atoms with van der Waals surface area (Å²) >= 11 is 0. The van der Waals surface area contributed by atoms with Crippen LogP contribution >= 0.6 is 0 Å². The predicted molar refractivity (Wildman–Crippen MR) is 56.4 cm³/mol. The van der Waals surface area contributed by atoms with Crippen LogP contribution < -0.4 is 0 Å². The van der Waals surface area contributed by atoms with Crippen molar-refractivity contribution in [3.63, 3.8) is 0 Å². The van der Waals surface area contributed by atoms with Crippen molar-refractivity contribution in [3.05, 3.63) is 12.7 Å². The van der Waals surface area contributed by atoms with Gasteiger partial charge in [0.15, 0.2) is 14.8 Å². The minimum absolute atomic E-state index is 0.171. The van der Waals surface area contributed by atoms with Crippen LogP contribution in [0.2, 0.25) is 12.1 Å². The van der Waals surface area contributed by atoms with Crippen LogP contribution in [0.1, 0.15) is 25.7 Å². The van der Waals surface area contributed by atoms with E-state index in [1.165, 1.54) is 31.0 Å². The van der Waals surface area contributed by atoms with Crippen molar-refractivity contribution >= 4 is 14.8 Å². The second-order valence-electron chi connectivity index (χ2n) is 3.55. The zero-order chi connectivity index (χ0) is 9.52. The normalized spacial score (nSPS) is 22.6. The number of carbonyl (C=O) groups is 1. The lowest BCUT2D eigenvalue weighted by Gasteiger charge is -2.20. The molecule has 3 heteroatoms. The largest absolute Gasteiger partial charge is 0.420 e. The Morgan fingerprint density at radius 3 is 3.00 bits per heavy atom. The second kappa shape index (κ2) is 6.10. The van der Waals surface area contributed by atoms with Crippen LogP contribution in [0, 0.1) is 0 Å². The maximum Gasteiger partial charge on any atom is 0.176 e. The van der Waals surface area contributed by atoms with Crippen molar-refractivity contribution in [2.45, 2.75) is 37.8 Å². The van der Waals surface area contributed by atoms with Gasteiger partial charge in [-0.05, 0) is 31.0 Å². The highest BCUT2D eigenvalue weighted by molar-refractivity contribution is 6.51. The maximum atomic E-state index is 10.9. The molecule has 0 radical (unpaired) electrons. The average molecular weight is 198 g/mol. The first-order valence-electron chi connectivity index (χ1n) is 5.10. The zero-order valence-corrected chi connectivity index (χ0v) is 9.28. The first kappa shape index (κ1) is 10.7. The molecule has 1 rings (SSSR count). The van der Waals surface area contributed by atoms with Crippen LogP contribution in [-0.4, -0.2) is 21.4 Å². The van der Waals surface area contributed by atoms with E-state index in [0.29, 0.717) is 6.42 Å². The standard InChI is InChI=1S/C10H18O2Si/c1-2-10(11)6-5-9-13-8-4-3-7-12-13/h2,13H,1,3-9H2. The Balaban J connectivity index is 2.04. The minimum Gasteiger partial charge on any atom is -0.420 e. The van der Waals surface area contributed by atoms with E-state index in [9.17, 15) is 4.79 Å². The maximum absolute atomic E-state index is 10.9. The molecule has 13 heavy (non-hydrogen) atoms. The molecule has 2 nitrogen and oxygen atoms in total. The molecule has 1 heterocycles. The van der Waals surface area contributed by atoms with Gasteiger partial charge in [0.25, 0.3) is 0 Å². The molecule has 0 spiro atoms. The molecule has 1 atom stereocenters. The number of hydrogen-bond acceptors (Lipinski definition) is 2. The van der Waals surface area contributed by atoms with Gasteiger partial charge < -0.3 is 4.43 Å². The van der Waals surface area contributed by atoms with Crippen LogP contribution in [0.25, 0.3) is 0 Å². The van der Waals surface area contributed by atoms with Gasteiger partial charge in [-0.1, -0.05) is 13.0 Å². The third-order valence-corrected chi connectivity index (χ3v) is 5.26. The third-order valence-electron chi connectivity index (χ3n) is 2.45. The Hall–Kier alpha value is -0.413. The van der Waals surface area contributed by atoms with Crippen LogP contribution in [0.4, 0.5) is 0 Å². The number of hydrogen-bond donors (Lipinski definition) is 0. The van der Waals surface area contributed by atoms with Gasteiger partial charge in [-0.3, -0.25) is 4.79 Å². The molecule has 1 fully saturated rings. The zero-order valence-electron chi connectivity index (χ0n) is 8.13. The number of allylic oxidation sites excluding steroid dienone is 1. The van der Waals surface area contributed by atoms with Crippen molar-refractivity contribution in [3.8, 4) is 0 Å². The van der Waals surface area contributed by atoms with Crippen molar-refractivity contribution < 1.29 is 9.22 Å². The van der Waals surface area contributed by atoms with Crippen LogP contribution in [-0.2, 0) is 9.22 Å². The SMILES string of the molecule is C=CC(=O)CCC[SiH]1CCCCO1. The molecular formula is C10H18O2Si. The molecule has 0 N–H and O–H groups in total. The Morgan fingerprint density at radius 1 is 1.54 bits per heavy atom. The van der Waals surface area contributed by atoms with E-state index in [1.807, 2.05) is 0 Å². The summed E-state index contributed by atoms with van der Waals surface area (Å²) in [4.78, 5) is 10.9. The average Bonchev–Trinajstić information content (AvgIpc) is 2.19. The predicted octanol–water partition coefficient (Wildman–Crippen LogP) is 2.06. The molecular weight excluding hydrogens is 180 g/mol. The molecule has 0 amide bonds. The molecule has 1 unspecified atom stereocenters. The van der Waals surface area contributed by atoms with E-state index >= 15 is 0 Å². The van der Waals surface area contributed by atoms with Gasteiger partial charge in [0.2, 0.25) is 0 Å². The lowest BCUT2D eigenvalue weighted by atomic mass is 10.2. The van der Waals surface area contributed by atoms with Crippen molar-refractivity contribution in [1.29, 1.82) is 0 Å². The second-order valence-corrected chi connectivity index (χ2v) is 6.28. The third kappa shape index (κ3) is 4.38. The smallest absolute Gasteiger partial charge is 0.176 e. The van der Waals surface area contributed by atoms with Crippen LogP contribution in [0.15, 0.2) is 12.7 Å². The van der Waals surface area contributed by atoms with Crippen LogP contribution in [0.3, 0.4) is 0 Å². The van der Waals surface area contributed by atoms with Gasteiger partial charge in [-0.15, -0.1) is 0 Å². The van der Waals surface area contributed by atoms with Crippen molar-refractivity contribution in [2.24, 2.45) is 0 Å². The lowest BCUT2D eigenvalue weighted by molar-refractivity contribution is -0.114. The molecule has 0 aromatic heterocycles. The monoisotopic (exact) mass is 198 g/mol. The van der Waals surface area contributed by atoms with Crippen LogP contribution in [0.5, 0.6) is 0 Å². The van der Waals surface area contributed by atoms with E-state index in [-0.39, 0.29) is 5.78 Å². The summed E-state index contributed by atoms with van der Waals surface area (Å²) in [6.45, 7) is 4.42. The van der Waals surface area contributed by atoms with Gasteiger partial charge in [0, 0.05) is 13.0 Å². The lowest BCUT2D eigenvalue weighted by Crippen LogP contribution is -2.22. The van der Waals surface area contributed by atoms with E-state index in [1.54, 1.807) is 0 Å². The molecule has 1 aliphatic rings. The molecule has 0 saturated carbocycles. The number of rotatable bonds is 5. The van der Waals surface area contributed by atoms with Gasteiger partial charge in [0.05, 0.1) is 0 Å². The summed E-state index contributed by atoms with van der Waals surface area (Å²) in [6.07, 6.45) is 5.66. The highest BCUT2D eigenvalue weighted by Crippen LogP contribution is 2.16. The van der Waals surface area contributed by atoms with Gasteiger partial charge in [-0.2, -0.15) is 0 Å². The Labute approximate surface area is 81.7 Å². The highest BCUT2D eigenvalue weighted by Gasteiger charge is 2.15. The minimum atomic E-state index is -0.883. The summed E-state index contributed by atoms with van der Waals surface area (Å²) in [7, 11) is -0.883. The Kier molecular flexibility index (Phi) is 5.01. The molecule has 1 saturated heterocycles. The van der Waals surface area contributed by atoms with E-state index in [2.05, 4.69) is 6.58 Å². The number of ketones is 1. The summed E-state index contributed by atoms with van der Waals surface area (Å²) in [6, 6.07) is 2.47. The molecule has 1 aliphatic heterocycles. The molecule has 0 bridgehead atoms. The summed E-state index contributed by atoms with van der Waals surface area (Å²) in [5.41, 5.74) is 0. The first-order valence-corrected chi connectivity index (χ1v) is 7.20. The van der Waals surface area contributed by atoms with Crippen molar-refractivity contribution in [2.75, 3.05) is 6.61 Å². The highest BCUT2D eigenvalue weighted by atomic mass is 28.3. The Morgan fingerprint density at radius 2 is 2.38 bits per heavy atom. The topological polar surface area (TPSA) is 26.3 Å². The quantitative estimate of drug-likeness (QED) is 0.499. The summed E-state index contributed by atoms with van der Waals surface area (Å²) in [5, 5.41) is 0. The van der Waals surface area contributed by atoms with Gasteiger partial charge in [-0.25, -0.2) is 0 Å². The van der Waals surface area contributed by atoms with Gasteiger partial charge in [0.1, 0.15) is 0 Å². The van der Waals surface area contributed by atoms with Crippen molar-refractivity contribution in [1.82, 2.24) is 0 Å². The summed E-state index contributed by atoms with van der Waals surface area (Å²) < 4.78 is 5.70. The van der Waals surface area contributed by atoms with E-state index in [0.717, 1.165) is 13.0 Å². The van der Waals surface area contributed by atoms with E-state index < -0.39 is 9.04 Å². The molecule has 0 aliphatic carbocycles. The first-order chi connectivity index (χ1) is 6.33. The fraction of sp³-hybridized carbons (Fsp3) is 0.700. The van der Waals surface area contributed by atoms with E-state index in [4.69, 9.17) is 4.43 Å². The Bertz CT molecular complexity index is 174. The van der Waals surface area contributed by atoms with Gasteiger partial charge >= 0.3 is 0 Å². The molecule has 74 valence electrons. The summed E-state index contributed by atoms with van der Waals surface area (Å²) in [5.74, 6) is 0.171. The molecule has 0 aromatic carbocycles.